The van der Waals surface area contributed by atoms with Crippen LogP contribution in [-0.2, 0) is 0 Å². The third-order valence-corrected chi connectivity index (χ3v) is 5.33. The summed E-state index contributed by atoms with van der Waals surface area (Å²) in [6.07, 6.45) is 3.68. The van der Waals surface area contributed by atoms with Crippen LogP contribution in [0.15, 0.2) is 46.9 Å². The Balaban J connectivity index is 1.93. The van der Waals surface area contributed by atoms with E-state index in [4.69, 9.17) is 0 Å². The lowest BCUT2D eigenvalue weighted by atomic mass is 9.82. The quantitative estimate of drug-likeness (QED) is 0.837. The molecule has 1 atom stereocenters. The maximum atomic E-state index is 13.4. The van der Waals surface area contributed by atoms with Crippen LogP contribution in [0.1, 0.15) is 26.3 Å². The second-order valence-electron chi connectivity index (χ2n) is 6.39. The van der Waals surface area contributed by atoms with E-state index in [0.717, 1.165) is 10.0 Å². The summed E-state index contributed by atoms with van der Waals surface area (Å²) in [5.74, 6) is -0.273. The number of likely N-dealkylation sites (N-methyl/N-ethyl adjacent to an activating group) is 1. The average Bonchev–Trinajstić information content (AvgIpc) is 2.62. The van der Waals surface area contributed by atoms with E-state index in [9.17, 15) is 14.7 Å². The van der Waals surface area contributed by atoms with Crippen molar-refractivity contribution in [2.24, 2.45) is 0 Å². The number of carbonyl (C=O) groups excluding carboxylic acids is 2. The standard InChI is InChI=1S/C20H17BrN2O3/c1-22(9-10-24)15-7-5-12-6-8-16-19(25)17(12)18(15)20(26)23(16)14-4-2-3-13(21)11-14/h2-8,11,16,24H,9-10H2,1H3. The van der Waals surface area contributed by atoms with E-state index in [1.54, 1.807) is 22.9 Å². The Morgan fingerprint density at radius 2 is 2.00 bits per heavy atom. The summed E-state index contributed by atoms with van der Waals surface area (Å²) in [4.78, 5) is 29.9. The predicted octanol–water partition coefficient (Wildman–Crippen LogP) is 3.12. The number of benzene rings is 2. The van der Waals surface area contributed by atoms with E-state index in [2.05, 4.69) is 15.9 Å². The van der Waals surface area contributed by atoms with Crippen LogP contribution in [0.5, 0.6) is 0 Å². The van der Waals surface area contributed by atoms with Gasteiger partial charge in [0.15, 0.2) is 5.78 Å². The van der Waals surface area contributed by atoms with Crippen molar-refractivity contribution in [3.05, 3.63) is 63.6 Å². The van der Waals surface area contributed by atoms with Crippen molar-refractivity contribution in [1.29, 1.82) is 0 Å². The van der Waals surface area contributed by atoms with Crippen LogP contribution in [0, 0.1) is 0 Å². The normalized spacial score (nSPS) is 17.7. The number of hydrogen-bond donors (Lipinski definition) is 1. The molecular formula is C20H17BrN2O3. The first-order valence-corrected chi connectivity index (χ1v) is 9.12. The molecule has 0 saturated heterocycles. The lowest BCUT2D eigenvalue weighted by Crippen LogP contribution is -2.51. The van der Waals surface area contributed by atoms with Gasteiger partial charge in [0.2, 0.25) is 0 Å². The van der Waals surface area contributed by atoms with Crippen LogP contribution < -0.4 is 9.80 Å². The second kappa shape index (κ2) is 6.37. The molecule has 2 bridgehead atoms. The monoisotopic (exact) mass is 412 g/mol. The van der Waals surface area contributed by atoms with Gasteiger partial charge in [-0.05, 0) is 29.8 Å². The molecule has 0 spiro atoms. The summed E-state index contributed by atoms with van der Waals surface area (Å²) >= 11 is 3.43. The Kier molecular flexibility index (Phi) is 4.17. The van der Waals surface area contributed by atoms with Gasteiger partial charge in [-0.1, -0.05) is 40.2 Å². The minimum absolute atomic E-state index is 0.0347. The molecule has 1 aliphatic heterocycles. The highest BCUT2D eigenvalue weighted by Crippen LogP contribution is 2.39. The number of halogens is 1. The zero-order valence-electron chi connectivity index (χ0n) is 14.1. The molecule has 1 unspecified atom stereocenters. The largest absolute Gasteiger partial charge is 0.395 e. The Bertz CT molecular complexity index is 954. The molecule has 5 nitrogen and oxygen atoms in total. The zero-order valence-corrected chi connectivity index (χ0v) is 15.7. The molecule has 0 aromatic heterocycles. The number of anilines is 2. The highest BCUT2D eigenvalue weighted by molar-refractivity contribution is 9.10. The molecule has 1 amide bonds. The van der Waals surface area contributed by atoms with Gasteiger partial charge in [0.05, 0.1) is 17.9 Å². The van der Waals surface area contributed by atoms with Crippen molar-refractivity contribution in [3.63, 3.8) is 0 Å². The van der Waals surface area contributed by atoms with E-state index < -0.39 is 6.04 Å². The van der Waals surface area contributed by atoms with Crippen molar-refractivity contribution in [1.82, 2.24) is 0 Å². The molecule has 1 N–H and O–H groups in total. The Morgan fingerprint density at radius 3 is 2.73 bits per heavy atom. The van der Waals surface area contributed by atoms with Gasteiger partial charge in [-0.3, -0.25) is 14.5 Å². The van der Waals surface area contributed by atoms with Gasteiger partial charge in [0, 0.05) is 29.3 Å². The summed E-state index contributed by atoms with van der Waals surface area (Å²) in [6.45, 7) is 0.344. The fourth-order valence-electron chi connectivity index (χ4n) is 3.60. The molecule has 2 aromatic rings. The van der Waals surface area contributed by atoms with Gasteiger partial charge in [0.1, 0.15) is 6.04 Å². The van der Waals surface area contributed by atoms with Gasteiger partial charge < -0.3 is 10.0 Å². The third-order valence-electron chi connectivity index (χ3n) is 4.83. The lowest BCUT2D eigenvalue weighted by molar-refractivity contribution is 0.0885. The molecule has 2 aliphatic rings. The molecule has 132 valence electrons. The Labute approximate surface area is 159 Å². The number of amides is 1. The van der Waals surface area contributed by atoms with Gasteiger partial charge in [0.25, 0.3) is 5.91 Å². The van der Waals surface area contributed by atoms with Gasteiger partial charge in [-0.15, -0.1) is 0 Å². The summed E-state index contributed by atoms with van der Waals surface area (Å²) < 4.78 is 0.840. The molecule has 26 heavy (non-hydrogen) atoms. The first kappa shape index (κ1) is 17.0. The molecule has 2 aromatic carbocycles. The van der Waals surface area contributed by atoms with Crippen molar-refractivity contribution >= 4 is 45.1 Å². The molecule has 1 aliphatic carbocycles. The second-order valence-corrected chi connectivity index (χ2v) is 7.31. The molecule has 4 rings (SSSR count). The van der Waals surface area contributed by atoms with Crippen molar-refractivity contribution in [2.45, 2.75) is 6.04 Å². The van der Waals surface area contributed by atoms with E-state index >= 15 is 0 Å². The van der Waals surface area contributed by atoms with Gasteiger partial charge in [-0.2, -0.15) is 0 Å². The Morgan fingerprint density at radius 1 is 1.19 bits per heavy atom. The van der Waals surface area contributed by atoms with Crippen LogP contribution >= 0.6 is 15.9 Å². The molecule has 6 heteroatoms. The average molecular weight is 413 g/mol. The summed E-state index contributed by atoms with van der Waals surface area (Å²) in [5.41, 5.74) is 2.98. The number of rotatable bonds is 4. The van der Waals surface area contributed by atoms with E-state index in [0.29, 0.717) is 29.0 Å². The minimum atomic E-state index is -0.629. The number of ketones is 1. The fraction of sp³-hybridized carbons (Fsp3) is 0.200. The number of aliphatic hydroxyl groups excluding tert-OH is 1. The van der Waals surface area contributed by atoms with E-state index in [1.807, 2.05) is 42.5 Å². The highest BCUT2D eigenvalue weighted by atomic mass is 79.9. The first-order valence-electron chi connectivity index (χ1n) is 8.33. The van der Waals surface area contributed by atoms with Crippen LogP contribution in [0.25, 0.3) is 6.08 Å². The van der Waals surface area contributed by atoms with Gasteiger partial charge in [-0.25, -0.2) is 0 Å². The van der Waals surface area contributed by atoms with Crippen molar-refractivity contribution in [3.8, 4) is 0 Å². The van der Waals surface area contributed by atoms with E-state index in [-0.39, 0.29) is 18.3 Å². The number of nitrogens with zero attached hydrogens (tertiary/aromatic N) is 2. The van der Waals surface area contributed by atoms with Crippen molar-refractivity contribution in [2.75, 3.05) is 30.0 Å². The number of Topliss-reactive ketones (excluding diaryl/α,β-unsaturated/α-hetero) is 1. The minimum Gasteiger partial charge on any atom is -0.395 e. The molecule has 1 heterocycles. The number of aliphatic hydroxyl groups is 1. The SMILES string of the molecule is CN(CCO)c1ccc2c3c1C(=O)N(c1cccc(Br)c1)C(C=C2)C3=O. The zero-order chi connectivity index (χ0) is 18.4. The number of carbonyl (C=O) groups is 2. The predicted molar refractivity (Wildman–Crippen MR) is 105 cm³/mol. The molecular weight excluding hydrogens is 396 g/mol. The van der Waals surface area contributed by atoms with Crippen LogP contribution in [-0.4, -0.2) is 43.0 Å². The molecule has 0 radical (unpaired) electrons. The molecule has 0 saturated carbocycles. The number of hydrogen-bond acceptors (Lipinski definition) is 4. The molecule has 0 fully saturated rings. The van der Waals surface area contributed by atoms with E-state index in [1.165, 1.54) is 0 Å². The maximum Gasteiger partial charge on any atom is 0.262 e. The topological polar surface area (TPSA) is 60.9 Å². The van der Waals surface area contributed by atoms with Crippen LogP contribution in [0.4, 0.5) is 11.4 Å². The lowest BCUT2D eigenvalue weighted by Gasteiger charge is -2.38. The fourth-order valence-corrected chi connectivity index (χ4v) is 3.99. The van der Waals surface area contributed by atoms with Crippen LogP contribution in [0.3, 0.4) is 0 Å². The smallest absolute Gasteiger partial charge is 0.262 e. The first-order chi connectivity index (χ1) is 12.5. The van der Waals surface area contributed by atoms with Gasteiger partial charge >= 0.3 is 0 Å². The number of fused-ring (bicyclic) bond motifs is 1. The third kappa shape index (κ3) is 2.48. The Hall–Kier alpha value is -2.44. The summed E-state index contributed by atoms with van der Waals surface area (Å²) in [7, 11) is 1.81. The van der Waals surface area contributed by atoms with Crippen LogP contribution in [0.2, 0.25) is 0 Å². The maximum absolute atomic E-state index is 13.4. The highest BCUT2D eigenvalue weighted by Gasteiger charge is 2.43. The summed E-state index contributed by atoms with van der Waals surface area (Å²) in [6, 6.07) is 10.4. The van der Waals surface area contributed by atoms with Crippen molar-refractivity contribution < 1.29 is 14.7 Å². The summed E-state index contributed by atoms with van der Waals surface area (Å²) in [5, 5.41) is 9.27.